The van der Waals surface area contributed by atoms with Gasteiger partial charge in [0.15, 0.2) is 0 Å². The minimum absolute atomic E-state index is 0.136. The van der Waals surface area contributed by atoms with E-state index in [2.05, 4.69) is 0 Å². The Bertz CT molecular complexity index is 251. The van der Waals surface area contributed by atoms with E-state index in [0.29, 0.717) is 19.8 Å². The van der Waals surface area contributed by atoms with Crippen LogP contribution < -0.4 is 5.73 Å². The summed E-state index contributed by atoms with van der Waals surface area (Å²) in [6.07, 6.45) is 1.75. The van der Waals surface area contributed by atoms with Crippen LogP contribution in [0.3, 0.4) is 0 Å². The SMILES string of the molecule is CC(C)(C)OC(=O)N1CCCC1COCCN. The van der Waals surface area contributed by atoms with Crippen LogP contribution in [0.5, 0.6) is 0 Å². The molecule has 1 heterocycles. The van der Waals surface area contributed by atoms with Crippen molar-refractivity contribution in [1.82, 2.24) is 4.90 Å². The minimum atomic E-state index is -0.442. The fraction of sp³-hybridized carbons (Fsp3) is 0.917. The van der Waals surface area contributed by atoms with E-state index in [1.165, 1.54) is 0 Å². The van der Waals surface area contributed by atoms with Gasteiger partial charge in [0, 0.05) is 13.1 Å². The molecule has 0 aliphatic carbocycles. The summed E-state index contributed by atoms with van der Waals surface area (Å²) >= 11 is 0. The molecular formula is C12H24N2O3. The summed E-state index contributed by atoms with van der Waals surface area (Å²) in [5.41, 5.74) is 4.92. The molecule has 1 aliphatic heterocycles. The molecule has 5 nitrogen and oxygen atoms in total. The molecule has 0 radical (unpaired) electrons. The van der Waals surface area contributed by atoms with Gasteiger partial charge in [0.05, 0.1) is 19.3 Å². The van der Waals surface area contributed by atoms with Crippen LogP contribution >= 0.6 is 0 Å². The highest BCUT2D eigenvalue weighted by molar-refractivity contribution is 5.68. The lowest BCUT2D eigenvalue weighted by molar-refractivity contribution is 0.0113. The van der Waals surface area contributed by atoms with E-state index in [1.54, 1.807) is 4.90 Å². The molecule has 1 amide bonds. The maximum Gasteiger partial charge on any atom is 0.410 e. The normalized spacial score (nSPS) is 20.7. The Kier molecular flexibility index (Phi) is 5.21. The summed E-state index contributed by atoms with van der Waals surface area (Å²) in [5, 5.41) is 0. The van der Waals surface area contributed by atoms with Gasteiger partial charge in [-0.1, -0.05) is 0 Å². The number of hydrogen-bond donors (Lipinski definition) is 1. The second-order valence-corrected chi connectivity index (χ2v) is 5.33. The number of nitrogens with zero attached hydrogens (tertiary/aromatic N) is 1. The van der Waals surface area contributed by atoms with Crippen molar-refractivity contribution in [3.8, 4) is 0 Å². The number of amides is 1. The Balaban J connectivity index is 2.42. The lowest BCUT2D eigenvalue weighted by Gasteiger charge is -2.28. The Hall–Kier alpha value is -0.810. The molecule has 1 unspecified atom stereocenters. The molecule has 1 aliphatic rings. The van der Waals surface area contributed by atoms with Crippen molar-refractivity contribution >= 4 is 6.09 Å². The second-order valence-electron chi connectivity index (χ2n) is 5.33. The molecular weight excluding hydrogens is 220 g/mol. The molecule has 0 aromatic rings. The van der Waals surface area contributed by atoms with Gasteiger partial charge in [0.25, 0.3) is 0 Å². The van der Waals surface area contributed by atoms with Crippen LogP contribution in [0.4, 0.5) is 4.79 Å². The van der Waals surface area contributed by atoms with E-state index in [4.69, 9.17) is 15.2 Å². The number of carbonyl (C=O) groups is 1. The Morgan fingerprint density at radius 1 is 1.47 bits per heavy atom. The number of hydrogen-bond acceptors (Lipinski definition) is 4. The van der Waals surface area contributed by atoms with Crippen LogP contribution in [0.25, 0.3) is 0 Å². The van der Waals surface area contributed by atoms with Crippen LogP contribution in [0.2, 0.25) is 0 Å². The highest BCUT2D eigenvalue weighted by atomic mass is 16.6. The quantitative estimate of drug-likeness (QED) is 0.758. The van der Waals surface area contributed by atoms with E-state index in [1.807, 2.05) is 20.8 Å². The predicted molar refractivity (Wildman–Crippen MR) is 65.8 cm³/mol. The fourth-order valence-electron chi connectivity index (χ4n) is 1.87. The van der Waals surface area contributed by atoms with Crippen LogP contribution in [0.15, 0.2) is 0 Å². The van der Waals surface area contributed by atoms with E-state index in [0.717, 1.165) is 19.4 Å². The average Bonchev–Trinajstić information content (AvgIpc) is 2.64. The first-order valence-electron chi connectivity index (χ1n) is 6.21. The maximum absolute atomic E-state index is 11.9. The van der Waals surface area contributed by atoms with Gasteiger partial charge in [0.2, 0.25) is 0 Å². The molecule has 0 aromatic heterocycles. The summed E-state index contributed by atoms with van der Waals surface area (Å²) in [5.74, 6) is 0. The lowest BCUT2D eigenvalue weighted by Crippen LogP contribution is -2.41. The van der Waals surface area contributed by atoms with Crippen LogP contribution in [-0.4, -0.2) is 48.9 Å². The molecule has 1 atom stereocenters. The van der Waals surface area contributed by atoms with Crippen molar-refractivity contribution in [2.45, 2.75) is 45.3 Å². The monoisotopic (exact) mass is 244 g/mol. The Labute approximate surface area is 103 Å². The molecule has 0 saturated carbocycles. The molecule has 5 heteroatoms. The van der Waals surface area contributed by atoms with Gasteiger partial charge in [-0.15, -0.1) is 0 Å². The zero-order valence-corrected chi connectivity index (χ0v) is 11.1. The van der Waals surface area contributed by atoms with Crippen LogP contribution in [-0.2, 0) is 9.47 Å². The molecule has 100 valence electrons. The summed E-state index contributed by atoms with van der Waals surface area (Å²) in [7, 11) is 0. The number of nitrogens with two attached hydrogens (primary N) is 1. The maximum atomic E-state index is 11.9. The summed E-state index contributed by atoms with van der Waals surface area (Å²) in [6, 6.07) is 0.136. The first-order chi connectivity index (χ1) is 7.94. The average molecular weight is 244 g/mol. The number of carbonyl (C=O) groups excluding carboxylic acids is 1. The van der Waals surface area contributed by atoms with Crippen molar-refractivity contribution in [3.63, 3.8) is 0 Å². The first-order valence-corrected chi connectivity index (χ1v) is 6.21. The summed E-state index contributed by atoms with van der Waals surface area (Å²) < 4.78 is 10.8. The number of likely N-dealkylation sites (tertiary alicyclic amines) is 1. The predicted octanol–water partition coefficient (Wildman–Crippen LogP) is 1.36. The molecule has 1 saturated heterocycles. The highest BCUT2D eigenvalue weighted by Crippen LogP contribution is 2.20. The molecule has 0 spiro atoms. The minimum Gasteiger partial charge on any atom is -0.444 e. The first kappa shape index (κ1) is 14.3. The van der Waals surface area contributed by atoms with Gasteiger partial charge >= 0.3 is 6.09 Å². The van der Waals surface area contributed by atoms with Gasteiger partial charge in [0.1, 0.15) is 5.60 Å². The molecule has 0 aromatic carbocycles. The fourth-order valence-corrected chi connectivity index (χ4v) is 1.87. The number of ether oxygens (including phenoxy) is 2. The Morgan fingerprint density at radius 2 is 2.18 bits per heavy atom. The summed E-state index contributed by atoms with van der Waals surface area (Å²) in [4.78, 5) is 13.7. The van der Waals surface area contributed by atoms with Crippen LogP contribution in [0, 0.1) is 0 Å². The van der Waals surface area contributed by atoms with E-state index >= 15 is 0 Å². The molecule has 1 fully saturated rings. The molecule has 1 rings (SSSR count). The van der Waals surface area contributed by atoms with Gasteiger partial charge in [-0.05, 0) is 33.6 Å². The third-order valence-corrected chi connectivity index (χ3v) is 2.58. The zero-order valence-electron chi connectivity index (χ0n) is 11.1. The largest absolute Gasteiger partial charge is 0.444 e. The highest BCUT2D eigenvalue weighted by Gasteiger charge is 2.32. The molecule has 17 heavy (non-hydrogen) atoms. The van der Waals surface area contributed by atoms with Gasteiger partial charge in [-0.2, -0.15) is 0 Å². The van der Waals surface area contributed by atoms with Gasteiger partial charge in [-0.3, -0.25) is 0 Å². The van der Waals surface area contributed by atoms with E-state index in [-0.39, 0.29) is 12.1 Å². The van der Waals surface area contributed by atoms with Gasteiger partial charge in [-0.25, -0.2) is 4.79 Å². The molecule has 2 N–H and O–H groups in total. The summed E-state index contributed by atoms with van der Waals surface area (Å²) in [6.45, 7) is 7.99. The lowest BCUT2D eigenvalue weighted by atomic mass is 10.2. The van der Waals surface area contributed by atoms with Crippen molar-refractivity contribution in [2.24, 2.45) is 5.73 Å². The van der Waals surface area contributed by atoms with E-state index < -0.39 is 5.60 Å². The van der Waals surface area contributed by atoms with Crippen molar-refractivity contribution in [2.75, 3.05) is 26.3 Å². The second kappa shape index (κ2) is 6.21. The Morgan fingerprint density at radius 3 is 2.76 bits per heavy atom. The third kappa shape index (κ3) is 4.91. The van der Waals surface area contributed by atoms with E-state index in [9.17, 15) is 4.79 Å². The van der Waals surface area contributed by atoms with Crippen molar-refractivity contribution in [3.05, 3.63) is 0 Å². The molecule has 0 bridgehead atoms. The third-order valence-electron chi connectivity index (χ3n) is 2.58. The standard InChI is InChI=1S/C12H24N2O3/c1-12(2,3)17-11(15)14-7-4-5-10(14)9-16-8-6-13/h10H,4-9,13H2,1-3H3. The zero-order chi connectivity index (χ0) is 12.9. The smallest absolute Gasteiger partial charge is 0.410 e. The van der Waals surface area contributed by atoms with Crippen molar-refractivity contribution in [1.29, 1.82) is 0 Å². The number of rotatable bonds is 4. The topological polar surface area (TPSA) is 64.8 Å². The van der Waals surface area contributed by atoms with Crippen LogP contribution in [0.1, 0.15) is 33.6 Å². The van der Waals surface area contributed by atoms with Gasteiger partial charge < -0.3 is 20.1 Å². The van der Waals surface area contributed by atoms with Crippen molar-refractivity contribution < 1.29 is 14.3 Å².